The molecule has 1 amide bonds. The number of pyridine rings is 1. The lowest BCUT2D eigenvalue weighted by Gasteiger charge is -2.36. The first kappa shape index (κ1) is 21.8. The van der Waals surface area contributed by atoms with Crippen molar-refractivity contribution in [1.82, 2.24) is 4.98 Å². The van der Waals surface area contributed by atoms with Gasteiger partial charge >= 0.3 is 0 Å². The van der Waals surface area contributed by atoms with Gasteiger partial charge in [-0.3, -0.25) is 4.79 Å². The van der Waals surface area contributed by atoms with Gasteiger partial charge in [0.25, 0.3) is 5.91 Å². The van der Waals surface area contributed by atoms with Crippen LogP contribution in [0.25, 0.3) is 10.2 Å². The van der Waals surface area contributed by atoms with Crippen molar-refractivity contribution in [2.45, 2.75) is 46.5 Å². The average molecular weight is 551 g/mol. The average Bonchev–Trinajstić information content (AvgIpc) is 3.03. The largest absolute Gasteiger partial charge is 0.397 e. The first-order valence-electron chi connectivity index (χ1n) is 10.2. The summed E-state index contributed by atoms with van der Waals surface area (Å²) in [5.74, 6) is 0.438. The summed E-state index contributed by atoms with van der Waals surface area (Å²) in [6, 6.07) is 7.81. The van der Waals surface area contributed by atoms with E-state index >= 15 is 0 Å². The lowest BCUT2D eigenvalue weighted by Crippen LogP contribution is -2.29. The molecule has 2 aromatic heterocycles. The number of hydrogen-bond donors (Lipinski definition) is 2. The summed E-state index contributed by atoms with van der Waals surface area (Å²) in [7, 11) is 0. The minimum absolute atomic E-state index is 0.207. The standard InChI is InChI=1S/C23H25Br2N3OS/c1-4-23(2,3)13-5-7-17-12(9-13)10-15-19(26)20(30-22(15)28-17)21(29)27-18-8-6-14(24)11-16(18)25/h6,8,10-11,13H,4-5,7,9,26H2,1-3H3,(H,27,29). The molecule has 4 rings (SSSR count). The van der Waals surface area contributed by atoms with Crippen LogP contribution in [0.15, 0.2) is 33.2 Å². The van der Waals surface area contributed by atoms with Gasteiger partial charge in [0.05, 0.1) is 11.4 Å². The number of hydrogen-bond acceptors (Lipinski definition) is 4. The number of thiophene rings is 1. The number of benzene rings is 1. The van der Waals surface area contributed by atoms with E-state index in [1.165, 1.54) is 23.3 Å². The van der Waals surface area contributed by atoms with Crippen molar-refractivity contribution in [2.24, 2.45) is 11.3 Å². The molecular formula is C23H25Br2N3OS. The summed E-state index contributed by atoms with van der Waals surface area (Å²) in [6.45, 7) is 6.98. The highest BCUT2D eigenvalue weighted by atomic mass is 79.9. The maximum atomic E-state index is 12.9. The van der Waals surface area contributed by atoms with Crippen molar-refractivity contribution in [3.63, 3.8) is 0 Å². The number of rotatable bonds is 4. The van der Waals surface area contributed by atoms with E-state index in [-0.39, 0.29) is 5.91 Å². The lowest BCUT2D eigenvalue weighted by molar-refractivity contribution is 0.103. The number of nitrogen functional groups attached to an aromatic ring is 1. The third-order valence-electron chi connectivity index (χ3n) is 6.49. The molecule has 158 valence electrons. The first-order chi connectivity index (χ1) is 14.2. The fraction of sp³-hybridized carbons (Fsp3) is 0.391. The van der Waals surface area contributed by atoms with Crippen LogP contribution < -0.4 is 11.1 Å². The van der Waals surface area contributed by atoms with Crippen LogP contribution in [0.2, 0.25) is 0 Å². The van der Waals surface area contributed by atoms with Gasteiger partial charge in [0, 0.05) is 20.0 Å². The molecule has 1 aliphatic carbocycles. The number of carbonyl (C=O) groups excluding carboxylic acids is 1. The number of fused-ring (bicyclic) bond motifs is 2. The Morgan fingerprint density at radius 2 is 2.10 bits per heavy atom. The molecule has 0 spiro atoms. The molecule has 1 atom stereocenters. The van der Waals surface area contributed by atoms with E-state index in [2.05, 4.69) is 64.0 Å². The van der Waals surface area contributed by atoms with Crippen LogP contribution in [-0.4, -0.2) is 10.9 Å². The zero-order valence-corrected chi connectivity index (χ0v) is 21.3. The summed E-state index contributed by atoms with van der Waals surface area (Å²) in [6.07, 6.45) is 4.35. The Balaban J connectivity index is 1.65. The maximum absolute atomic E-state index is 12.9. The van der Waals surface area contributed by atoms with E-state index < -0.39 is 0 Å². The van der Waals surface area contributed by atoms with Crippen molar-refractivity contribution < 1.29 is 4.79 Å². The highest BCUT2D eigenvalue weighted by molar-refractivity contribution is 9.11. The van der Waals surface area contributed by atoms with Gasteiger partial charge in [-0.2, -0.15) is 0 Å². The zero-order valence-electron chi connectivity index (χ0n) is 17.3. The fourth-order valence-corrected chi connectivity index (χ4v) is 6.22. The van der Waals surface area contributed by atoms with E-state index in [1.807, 2.05) is 18.2 Å². The normalized spacial score (nSPS) is 16.5. The molecule has 1 aromatic carbocycles. The molecule has 0 saturated carbocycles. The van der Waals surface area contributed by atoms with Gasteiger partial charge in [-0.15, -0.1) is 11.3 Å². The van der Waals surface area contributed by atoms with Crippen molar-refractivity contribution in [3.8, 4) is 0 Å². The number of nitrogens with one attached hydrogen (secondary N) is 1. The summed E-state index contributed by atoms with van der Waals surface area (Å²) in [5, 5.41) is 3.85. The molecule has 1 aliphatic rings. The third-order valence-corrected chi connectivity index (χ3v) is 8.75. The van der Waals surface area contributed by atoms with Crippen LogP contribution in [0.3, 0.4) is 0 Å². The van der Waals surface area contributed by atoms with E-state index in [0.717, 1.165) is 44.1 Å². The molecule has 7 heteroatoms. The topological polar surface area (TPSA) is 68.0 Å². The number of carbonyl (C=O) groups is 1. The molecule has 4 nitrogen and oxygen atoms in total. The maximum Gasteiger partial charge on any atom is 0.267 e. The molecular weight excluding hydrogens is 526 g/mol. The Morgan fingerprint density at radius 3 is 2.80 bits per heavy atom. The Morgan fingerprint density at radius 1 is 1.33 bits per heavy atom. The second-order valence-corrected chi connectivity index (χ2v) is 11.4. The fourth-order valence-electron chi connectivity index (χ4n) is 4.08. The van der Waals surface area contributed by atoms with Crippen molar-refractivity contribution in [3.05, 3.63) is 49.3 Å². The van der Waals surface area contributed by atoms with Crippen molar-refractivity contribution in [1.29, 1.82) is 0 Å². The van der Waals surface area contributed by atoms with Crippen LogP contribution in [0.4, 0.5) is 11.4 Å². The van der Waals surface area contributed by atoms with Gasteiger partial charge in [0.2, 0.25) is 0 Å². The Bertz CT molecular complexity index is 1140. The monoisotopic (exact) mass is 549 g/mol. The molecule has 0 aliphatic heterocycles. The molecule has 1 unspecified atom stereocenters. The first-order valence-corrected chi connectivity index (χ1v) is 12.6. The van der Waals surface area contributed by atoms with Crippen LogP contribution >= 0.6 is 43.2 Å². The van der Waals surface area contributed by atoms with Crippen LogP contribution in [0.1, 0.15) is 54.5 Å². The van der Waals surface area contributed by atoms with E-state index in [4.69, 9.17) is 10.7 Å². The number of nitrogens with zero attached hydrogens (tertiary/aromatic N) is 1. The quantitative estimate of drug-likeness (QED) is 0.361. The van der Waals surface area contributed by atoms with Crippen LogP contribution in [0.5, 0.6) is 0 Å². The minimum atomic E-state index is -0.207. The van der Waals surface area contributed by atoms with E-state index in [9.17, 15) is 4.79 Å². The second-order valence-electron chi connectivity index (χ2n) is 8.65. The third kappa shape index (κ3) is 4.04. The van der Waals surface area contributed by atoms with Crippen LogP contribution in [0, 0.1) is 11.3 Å². The van der Waals surface area contributed by atoms with Crippen molar-refractivity contribution >= 4 is 70.7 Å². The summed E-state index contributed by atoms with van der Waals surface area (Å²) < 4.78 is 1.75. The van der Waals surface area contributed by atoms with E-state index in [0.29, 0.717) is 27.6 Å². The number of amides is 1. The predicted molar refractivity (Wildman–Crippen MR) is 133 cm³/mol. The second kappa shape index (κ2) is 8.24. The molecule has 0 radical (unpaired) electrons. The number of anilines is 2. The highest BCUT2D eigenvalue weighted by Gasteiger charge is 2.32. The van der Waals surface area contributed by atoms with Gasteiger partial charge < -0.3 is 11.1 Å². The zero-order chi connectivity index (χ0) is 21.6. The predicted octanol–water partition coefficient (Wildman–Crippen LogP) is 7.20. The molecule has 2 heterocycles. The molecule has 0 fully saturated rings. The molecule has 0 bridgehead atoms. The molecule has 30 heavy (non-hydrogen) atoms. The Hall–Kier alpha value is -1.44. The van der Waals surface area contributed by atoms with Gasteiger partial charge in [-0.25, -0.2) is 4.98 Å². The lowest BCUT2D eigenvalue weighted by atomic mass is 9.69. The van der Waals surface area contributed by atoms with Gasteiger partial charge in [-0.05, 0) is 76.4 Å². The number of nitrogens with two attached hydrogens (primary N) is 1. The van der Waals surface area contributed by atoms with Gasteiger partial charge in [-0.1, -0.05) is 43.1 Å². The van der Waals surface area contributed by atoms with Gasteiger partial charge in [0.1, 0.15) is 9.71 Å². The SMILES string of the molecule is CCC(C)(C)C1CCc2nc3sc(C(=O)Nc4ccc(Br)cc4Br)c(N)c3cc2C1. The van der Waals surface area contributed by atoms with Crippen LogP contribution in [-0.2, 0) is 12.8 Å². The highest BCUT2D eigenvalue weighted by Crippen LogP contribution is 2.42. The number of aromatic nitrogens is 1. The van der Waals surface area contributed by atoms with Crippen molar-refractivity contribution in [2.75, 3.05) is 11.1 Å². The number of halogens is 2. The van der Waals surface area contributed by atoms with E-state index in [1.54, 1.807) is 0 Å². The molecule has 3 aromatic rings. The summed E-state index contributed by atoms with van der Waals surface area (Å²) >= 11 is 8.29. The number of aryl methyl sites for hydroxylation is 1. The molecule has 3 N–H and O–H groups in total. The Labute approximate surface area is 197 Å². The smallest absolute Gasteiger partial charge is 0.267 e. The summed E-state index contributed by atoms with van der Waals surface area (Å²) in [5.41, 5.74) is 10.4. The molecule has 0 saturated heterocycles. The Kier molecular flexibility index (Phi) is 5.99. The minimum Gasteiger partial charge on any atom is -0.397 e. The van der Waals surface area contributed by atoms with Gasteiger partial charge in [0.15, 0.2) is 0 Å². The summed E-state index contributed by atoms with van der Waals surface area (Å²) in [4.78, 5) is 19.2.